The van der Waals surface area contributed by atoms with Crippen molar-refractivity contribution in [2.24, 2.45) is 0 Å². The van der Waals surface area contributed by atoms with E-state index in [1.807, 2.05) is 0 Å². The first-order chi connectivity index (χ1) is 8.81. The summed E-state index contributed by atoms with van der Waals surface area (Å²) in [6.45, 7) is 2.13. The molecule has 0 aliphatic rings. The van der Waals surface area contributed by atoms with E-state index < -0.39 is 0 Å². The van der Waals surface area contributed by atoms with Crippen molar-refractivity contribution in [2.75, 3.05) is 0 Å². The van der Waals surface area contributed by atoms with Gasteiger partial charge in [-0.15, -0.1) is 11.3 Å². The molecule has 0 saturated carbocycles. The highest BCUT2D eigenvalue weighted by Crippen LogP contribution is 2.19. The second-order valence-corrected chi connectivity index (χ2v) is 5.41. The molecular formula is C17H14S. The van der Waals surface area contributed by atoms with E-state index in [4.69, 9.17) is 0 Å². The Morgan fingerprint density at radius 1 is 0.889 bits per heavy atom. The lowest BCUT2D eigenvalue weighted by molar-refractivity contribution is 1.55. The molecule has 0 atom stereocenters. The molecule has 3 rings (SSSR count). The van der Waals surface area contributed by atoms with Crippen molar-refractivity contribution in [2.45, 2.75) is 6.92 Å². The minimum absolute atomic E-state index is 1.25. The molecule has 88 valence electrons. The summed E-state index contributed by atoms with van der Waals surface area (Å²) in [5, 5.41) is 4.77. The first kappa shape index (κ1) is 11.2. The highest BCUT2D eigenvalue weighted by Gasteiger charge is 1.94. The van der Waals surface area contributed by atoms with Gasteiger partial charge in [-0.1, -0.05) is 42.5 Å². The van der Waals surface area contributed by atoms with Gasteiger partial charge in [0.25, 0.3) is 0 Å². The Morgan fingerprint density at radius 3 is 2.50 bits per heavy atom. The van der Waals surface area contributed by atoms with Crippen LogP contribution in [0.4, 0.5) is 0 Å². The number of hydrogen-bond acceptors (Lipinski definition) is 1. The predicted molar refractivity (Wildman–Crippen MR) is 81.9 cm³/mol. The van der Waals surface area contributed by atoms with Gasteiger partial charge in [-0.3, -0.25) is 0 Å². The average molecular weight is 250 g/mol. The number of thiophene rings is 1. The number of aryl methyl sites for hydroxylation is 1. The molecule has 0 nitrogen and oxygen atoms in total. The summed E-state index contributed by atoms with van der Waals surface area (Å²) in [6.07, 6.45) is 4.36. The van der Waals surface area contributed by atoms with Crippen LogP contribution in [0.2, 0.25) is 0 Å². The molecule has 0 fully saturated rings. The lowest BCUT2D eigenvalue weighted by atomic mass is 10.1. The Kier molecular flexibility index (Phi) is 2.99. The Hall–Kier alpha value is -1.86. The summed E-state index contributed by atoms with van der Waals surface area (Å²) < 4.78 is 0. The van der Waals surface area contributed by atoms with Gasteiger partial charge in [0.2, 0.25) is 0 Å². The molecule has 0 aliphatic heterocycles. The number of rotatable bonds is 2. The molecule has 3 aromatic rings. The third-order valence-electron chi connectivity index (χ3n) is 2.96. The maximum atomic E-state index is 2.23. The van der Waals surface area contributed by atoms with Gasteiger partial charge in [0.15, 0.2) is 0 Å². The molecule has 0 N–H and O–H groups in total. The van der Waals surface area contributed by atoms with Crippen LogP contribution in [0.1, 0.15) is 16.0 Å². The Labute approximate surface area is 111 Å². The van der Waals surface area contributed by atoms with E-state index in [9.17, 15) is 0 Å². The van der Waals surface area contributed by atoms with Gasteiger partial charge >= 0.3 is 0 Å². The van der Waals surface area contributed by atoms with Crippen molar-refractivity contribution >= 4 is 34.3 Å². The minimum atomic E-state index is 1.25. The second kappa shape index (κ2) is 4.79. The van der Waals surface area contributed by atoms with Crippen molar-refractivity contribution in [3.63, 3.8) is 0 Å². The van der Waals surface area contributed by atoms with E-state index >= 15 is 0 Å². The summed E-state index contributed by atoms with van der Waals surface area (Å²) >= 11 is 1.79. The third-order valence-corrected chi connectivity index (χ3v) is 3.98. The molecule has 0 amide bonds. The molecule has 2 aromatic carbocycles. The lowest BCUT2D eigenvalue weighted by Gasteiger charge is -1.98. The quantitative estimate of drug-likeness (QED) is 0.572. The Morgan fingerprint density at radius 2 is 1.72 bits per heavy atom. The molecule has 0 unspecified atom stereocenters. The van der Waals surface area contributed by atoms with Gasteiger partial charge in [0, 0.05) is 4.88 Å². The van der Waals surface area contributed by atoms with Crippen LogP contribution in [-0.2, 0) is 0 Å². The fourth-order valence-electron chi connectivity index (χ4n) is 2.03. The second-order valence-electron chi connectivity index (χ2n) is 4.47. The van der Waals surface area contributed by atoms with Crippen molar-refractivity contribution in [3.05, 3.63) is 69.9 Å². The molecule has 18 heavy (non-hydrogen) atoms. The van der Waals surface area contributed by atoms with Crippen LogP contribution in [0, 0.1) is 6.92 Å². The zero-order valence-corrected chi connectivity index (χ0v) is 11.1. The summed E-state index contributed by atoms with van der Waals surface area (Å²) in [5.74, 6) is 0. The molecule has 0 saturated heterocycles. The Balaban J connectivity index is 1.93. The van der Waals surface area contributed by atoms with Crippen LogP contribution in [0.25, 0.3) is 22.9 Å². The fourth-order valence-corrected chi connectivity index (χ4v) is 2.82. The number of fused-ring (bicyclic) bond motifs is 1. The Bertz CT molecular complexity index is 704. The van der Waals surface area contributed by atoms with Gasteiger partial charge in [0.1, 0.15) is 0 Å². The SMILES string of the molecule is Cc1csc(/C=C\c2ccc3ccccc3c2)c1. The summed E-state index contributed by atoms with van der Waals surface area (Å²) in [6, 6.07) is 17.2. The van der Waals surface area contributed by atoms with Crippen LogP contribution < -0.4 is 0 Å². The topological polar surface area (TPSA) is 0 Å². The number of hydrogen-bond donors (Lipinski definition) is 0. The molecule has 0 aliphatic carbocycles. The number of benzene rings is 2. The molecule has 1 heterocycles. The molecular weight excluding hydrogens is 236 g/mol. The zero-order valence-electron chi connectivity index (χ0n) is 10.3. The van der Waals surface area contributed by atoms with Crippen molar-refractivity contribution in [3.8, 4) is 0 Å². The first-order valence-electron chi connectivity index (χ1n) is 6.03. The van der Waals surface area contributed by atoms with E-state index in [1.54, 1.807) is 11.3 Å². The highest BCUT2D eigenvalue weighted by molar-refractivity contribution is 7.11. The van der Waals surface area contributed by atoms with Crippen molar-refractivity contribution in [1.82, 2.24) is 0 Å². The van der Waals surface area contributed by atoms with Gasteiger partial charge in [-0.05, 0) is 52.4 Å². The van der Waals surface area contributed by atoms with Crippen molar-refractivity contribution in [1.29, 1.82) is 0 Å². The molecule has 0 bridgehead atoms. The van der Waals surface area contributed by atoms with Crippen LogP contribution in [0.15, 0.2) is 53.9 Å². The first-order valence-corrected chi connectivity index (χ1v) is 6.91. The van der Waals surface area contributed by atoms with Gasteiger partial charge < -0.3 is 0 Å². The van der Waals surface area contributed by atoms with Crippen LogP contribution in [0.3, 0.4) is 0 Å². The molecule has 0 spiro atoms. The highest BCUT2D eigenvalue weighted by atomic mass is 32.1. The van der Waals surface area contributed by atoms with Gasteiger partial charge in [-0.2, -0.15) is 0 Å². The van der Waals surface area contributed by atoms with E-state index in [2.05, 4.69) is 73.0 Å². The van der Waals surface area contributed by atoms with Gasteiger partial charge in [0.05, 0.1) is 0 Å². The largest absolute Gasteiger partial charge is 0.144 e. The lowest BCUT2D eigenvalue weighted by Crippen LogP contribution is -1.74. The maximum absolute atomic E-state index is 2.23. The van der Waals surface area contributed by atoms with E-state index in [0.29, 0.717) is 0 Å². The van der Waals surface area contributed by atoms with Crippen molar-refractivity contribution < 1.29 is 0 Å². The molecule has 1 heteroatoms. The van der Waals surface area contributed by atoms with Gasteiger partial charge in [-0.25, -0.2) is 0 Å². The fraction of sp³-hybridized carbons (Fsp3) is 0.0588. The zero-order chi connectivity index (χ0) is 12.4. The van der Waals surface area contributed by atoms with E-state index in [-0.39, 0.29) is 0 Å². The summed E-state index contributed by atoms with van der Waals surface area (Å²) in [4.78, 5) is 1.31. The molecule has 0 radical (unpaired) electrons. The predicted octanol–water partition coefficient (Wildman–Crippen LogP) is 5.38. The normalized spacial score (nSPS) is 11.4. The summed E-state index contributed by atoms with van der Waals surface area (Å²) in [5.41, 5.74) is 2.58. The average Bonchev–Trinajstić information content (AvgIpc) is 2.82. The molecule has 1 aromatic heterocycles. The van der Waals surface area contributed by atoms with E-state index in [0.717, 1.165) is 0 Å². The standard InChI is InChI=1S/C17H14S/c1-13-10-17(18-12-13)9-7-14-6-8-15-4-2-3-5-16(15)11-14/h2-12H,1H3/b9-7-. The van der Waals surface area contributed by atoms with E-state index in [1.165, 1.54) is 26.8 Å². The summed E-state index contributed by atoms with van der Waals surface area (Å²) in [7, 11) is 0. The smallest absolute Gasteiger partial charge is 0.0273 e. The third kappa shape index (κ3) is 2.36. The monoisotopic (exact) mass is 250 g/mol. The van der Waals surface area contributed by atoms with Crippen LogP contribution in [-0.4, -0.2) is 0 Å². The van der Waals surface area contributed by atoms with Crippen LogP contribution >= 0.6 is 11.3 Å². The minimum Gasteiger partial charge on any atom is -0.144 e. The van der Waals surface area contributed by atoms with Crippen LogP contribution in [0.5, 0.6) is 0 Å². The maximum Gasteiger partial charge on any atom is 0.0273 e.